The predicted octanol–water partition coefficient (Wildman–Crippen LogP) is -6.77. The van der Waals surface area contributed by atoms with Gasteiger partial charge in [0.15, 0.2) is 44.0 Å². The third-order valence-corrected chi connectivity index (χ3v) is 29.7. The normalized spacial score (nSPS) is 54.5. The summed E-state index contributed by atoms with van der Waals surface area (Å²) in [5.41, 5.74) is -1.78. The fourth-order valence-electron chi connectivity index (χ4n) is 22.1. The van der Waals surface area contributed by atoms with Crippen molar-refractivity contribution < 1.29 is 193 Å². The van der Waals surface area contributed by atoms with Crippen LogP contribution in [-0.4, -0.2) is 397 Å². The number of fused-ring (bicyclic) bond motifs is 7. The zero-order valence-corrected chi connectivity index (χ0v) is 67.5. The Morgan fingerprint density at radius 2 is 0.889 bits per heavy atom. The molecule has 4 saturated carbocycles. The van der Waals surface area contributed by atoms with Gasteiger partial charge in [0.2, 0.25) is 6.29 Å². The molecule has 117 heavy (non-hydrogen) atoms. The largest absolute Gasteiger partial charge is 0.432 e. The van der Waals surface area contributed by atoms with Crippen molar-refractivity contribution in [1.29, 1.82) is 0 Å². The summed E-state index contributed by atoms with van der Waals surface area (Å²) in [6.07, 6.45) is -56.0. The van der Waals surface area contributed by atoms with Crippen LogP contribution in [0.25, 0.3) is 0 Å². The van der Waals surface area contributed by atoms with Crippen LogP contribution in [0, 0.1) is 56.2 Å². The maximum atomic E-state index is 15.5. The number of hydrogen-bond donors (Lipinski definition) is 22. The van der Waals surface area contributed by atoms with Gasteiger partial charge in [-0.25, -0.2) is 0 Å². The van der Waals surface area contributed by atoms with Gasteiger partial charge in [0, 0.05) is 5.92 Å². The summed E-state index contributed by atoms with van der Waals surface area (Å²) in [6.45, 7) is 16.0. The summed E-state index contributed by atoms with van der Waals surface area (Å²) in [7, 11) is 0. The Morgan fingerprint density at radius 3 is 1.50 bits per heavy atom. The molecule has 47 atom stereocenters. The van der Waals surface area contributed by atoms with Gasteiger partial charge in [-0.1, -0.05) is 67.0 Å². The lowest BCUT2D eigenvalue weighted by Gasteiger charge is -2.71. The number of ether oxygens (including phenoxy) is 16. The summed E-state index contributed by atoms with van der Waals surface area (Å²) in [5.74, 6) is -1.69. The number of carbonyl (C=O) groups excluding carboxylic acids is 1. The van der Waals surface area contributed by atoms with Crippen molar-refractivity contribution in [2.45, 2.75) is 373 Å². The van der Waals surface area contributed by atoms with Crippen LogP contribution < -0.4 is 0 Å². The van der Waals surface area contributed by atoms with Crippen LogP contribution in [0.3, 0.4) is 0 Å². The fraction of sp³-hybridized carbons (Fsp3) is 0.962. The Balaban J connectivity index is 0.648. The van der Waals surface area contributed by atoms with Gasteiger partial charge in [-0.3, -0.25) is 4.79 Å². The van der Waals surface area contributed by atoms with E-state index in [9.17, 15) is 112 Å². The minimum absolute atomic E-state index is 0.0694. The van der Waals surface area contributed by atoms with Crippen molar-refractivity contribution in [3.05, 3.63) is 11.6 Å². The van der Waals surface area contributed by atoms with Crippen molar-refractivity contribution in [1.82, 2.24) is 0 Å². The van der Waals surface area contributed by atoms with E-state index in [4.69, 9.17) is 75.8 Å². The smallest absolute Gasteiger partial charge is 0.315 e. The first-order valence-electron chi connectivity index (χ1n) is 41.3. The highest BCUT2D eigenvalue weighted by Gasteiger charge is 2.71. The van der Waals surface area contributed by atoms with Crippen LogP contribution in [0.1, 0.15) is 133 Å². The van der Waals surface area contributed by atoms with Gasteiger partial charge in [-0.2, -0.15) is 0 Å². The number of aliphatic hydroxyl groups excluding tert-OH is 22. The van der Waals surface area contributed by atoms with Crippen LogP contribution >= 0.6 is 0 Å². The quantitative estimate of drug-likeness (QED) is 0.0289. The first-order chi connectivity index (χ1) is 54.9. The molecule has 12 fully saturated rings. The maximum Gasteiger partial charge on any atom is 0.315 e. The zero-order valence-electron chi connectivity index (χ0n) is 67.5. The van der Waals surface area contributed by atoms with Crippen LogP contribution in [0.4, 0.5) is 0 Å². The third kappa shape index (κ3) is 16.7. The fourth-order valence-corrected chi connectivity index (χ4v) is 22.1. The average molecular weight is 1690 g/mol. The molecular weight excluding hydrogens is 1560 g/mol. The number of carbonyl (C=O) groups is 1. The summed E-state index contributed by atoms with van der Waals surface area (Å²) < 4.78 is 96.1. The van der Waals surface area contributed by atoms with Gasteiger partial charge >= 0.3 is 5.97 Å². The average Bonchev–Trinajstić information content (AvgIpc) is 0.673. The van der Waals surface area contributed by atoms with Crippen molar-refractivity contribution in [3.63, 3.8) is 0 Å². The van der Waals surface area contributed by atoms with E-state index in [0.29, 0.717) is 44.9 Å². The molecule has 8 saturated heterocycles. The monoisotopic (exact) mass is 1690 g/mol. The molecule has 13 aliphatic rings. The second-order valence-corrected chi connectivity index (χ2v) is 37.5. The standard InChI is InChI=1S/C78H128O39/c1-28-42(83)34(22-79)108-71(60(28)113-66-55(96)49(90)43(84)29(2)105-66)116-63-45(86)33(82)25-102-70(63)112-41-14-15-75(8)39(74(41,6)7)13-16-77(10)40(75)12-11-31-32-21-73(4,5)17-19-78(32,20-18-76(31,77)9)72(101)117-68-57(98)52(93)48(89)38(111-68)27-104-65-58(99)53(94)61(36(24-81)109-65)114-69-59(100)62(44(85)30(3)106-69)115-67-56(97)51(92)47(88)37(110-67)26-103-64-54(95)50(91)46(87)35(23-80)107-64/h11,28-30,32-71,79-100H,12-27H2,1-10H3. The molecule has 0 aromatic heterocycles. The number of hydrogen-bond acceptors (Lipinski definition) is 39. The highest BCUT2D eigenvalue weighted by Crippen LogP contribution is 2.76. The van der Waals surface area contributed by atoms with Gasteiger partial charge in [-0.05, 0) is 123 Å². The lowest BCUT2D eigenvalue weighted by Crippen LogP contribution is -2.66. The van der Waals surface area contributed by atoms with E-state index in [-0.39, 0.29) is 40.6 Å². The van der Waals surface area contributed by atoms with Crippen LogP contribution in [0.5, 0.6) is 0 Å². The first kappa shape index (κ1) is 92.4. The molecule has 0 aromatic rings. The van der Waals surface area contributed by atoms with Gasteiger partial charge in [0.05, 0.1) is 69.5 Å². The molecule has 8 aliphatic heterocycles. The molecule has 39 nitrogen and oxygen atoms in total. The highest BCUT2D eigenvalue weighted by molar-refractivity contribution is 5.79. The minimum Gasteiger partial charge on any atom is -0.432 e. The molecule has 13 rings (SSSR count). The molecule has 0 radical (unpaired) electrons. The van der Waals surface area contributed by atoms with Crippen LogP contribution in [0.2, 0.25) is 0 Å². The van der Waals surface area contributed by atoms with Crippen molar-refractivity contribution in [3.8, 4) is 0 Å². The van der Waals surface area contributed by atoms with E-state index in [1.165, 1.54) is 13.8 Å². The van der Waals surface area contributed by atoms with E-state index in [2.05, 4.69) is 54.5 Å². The van der Waals surface area contributed by atoms with E-state index in [0.717, 1.165) is 24.8 Å². The number of rotatable bonds is 21. The molecule has 674 valence electrons. The summed E-state index contributed by atoms with van der Waals surface area (Å²) in [5, 5.41) is 241. The molecule has 0 amide bonds. The Labute approximate surface area is 677 Å². The SMILES string of the molecule is CC1OC(OC2C(OC3C(OC4CCC5(C)C(CCC6(C)C5CC=C5C7CC(C)(C)CCC7(C(=O)OC7OC(COC8OC(CO)C(OC9OC(C)C(O)C(OC%10OC(COC%11OC(CO)C(O)C(O)C%11O)C(O)C(O)C%10O)C9O)C(O)C8O)C(O)C(O)C7O)CCC56C)C4(C)C)OCC(O)C3O)OC(CO)C(O)C2C)C(O)C(O)C1O. The molecule has 0 aromatic carbocycles. The highest BCUT2D eigenvalue weighted by atomic mass is 16.8. The summed E-state index contributed by atoms with van der Waals surface area (Å²) in [4.78, 5) is 15.5. The molecule has 22 N–H and O–H groups in total. The minimum atomic E-state index is -2.07. The van der Waals surface area contributed by atoms with Crippen molar-refractivity contribution in [2.24, 2.45) is 56.2 Å². The maximum absolute atomic E-state index is 15.5. The van der Waals surface area contributed by atoms with E-state index in [1.54, 1.807) is 6.92 Å². The summed E-state index contributed by atoms with van der Waals surface area (Å²) >= 11 is 0. The van der Waals surface area contributed by atoms with Crippen LogP contribution in [0.15, 0.2) is 11.6 Å². The zero-order chi connectivity index (χ0) is 85.3. The van der Waals surface area contributed by atoms with Crippen molar-refractivity contribution >= 4 is 5.97 Å². The second-order valence-electron chi connectivity index (χ2n) is 37.5. The Hall–Kier alpha value is -2.27. The molecule has 47 unspecified atom stereocenters. The summed E-state index contributed by atoms with van der Waals surface area (Å²) in [6, 6.07) is 0. The third-order valence-electron chi connectivity index (χ3n) is 29.7. The topological polar surface area (TPSA) is 610 Å². The van der Waals surface area contributed by atoms with Gasteiger partial charge < -0.3 is 188 Å². The Bertz CT molecular complexity index is 3340. The lowest BCUT2D eigenvalue weighted by atomic mass is 9.33. The van der Waals surface area contributed by atoms with Crippen molar-refractivity contribution in [2.75, 3.05) is 39.6 Å². The molecule has 5 aliphatic carbocycles. The Kier molecular flexibility index (Phi) is 28.0. The van der Waals surface area contributed by atoms with Gasteiger partial charge in [0.25, 0.3) is 0 Å². The number of allylic oxidation sites excluding steroid dienone is 2. The van der Waals surface area contributed by atoms with E-state index >= 15 is 4.79 Å². The first-order valence-corrected chi connectivity index (χ1v) is 41.3. The predicted molar refractivity (Wildman–Crippen MR) is 388 cm³/mol. The number of esters is 1. The van der Waals surface area contributed by atoms with Gasteiger partial charge in [0.1, 0.15) is 165 Å². The van der Waals surface area contributed by atoms with Gasteiger partial charge in [-0.15, -0.1) is 0 Å². The van der Waals surface area contributed by atoms with E-state index in [1.807, 2.05) is 0 Å². The number of aliphatic hydroxyl groups is 22. The lowest BCUT2D eigenvalue weighted by molar-refractivity contribution is -0.387. The molecule has 0 bridgehead atoms. The molecule has 0 spiro atoms. The molecule has 8 heterocycles. The molecule has 39 heteroatoms. The van der Waals surface area contributed by atoms with Crippen LogP contribution in [-0.2, 0) is 80.6 Å². The Morgan fingerprint density at radius 1 is 0.410 bits per heavy atom. The van der Waals surface area contributed by atoms with E-state index < -0.39 is 301 Å². The second kappa shape index (κ2) is 35.5. The molecular formula is C78H128O39.